The lowest BCUT2D eigenvalue weighted by molar-refractivity contribution is -0.385. The van der Waals surface area contributed by atoms with Crippen molar-refractivity contribution in [2.24, 2.45) is 11.7 Å². The molecule has 0 fully saturated rings. The van der Waals surface area contributed by atoms with Gasteiger partial charge < -0.3 is 10.8 Å². The molecule has 2 rings (SSSR count). The quantitative estimate of drug-likeness (QED) is 0.388. The number of rotatable bonds is 9. The largest absolute Gasteiger partial charge is 0.507 e. The molecule has 1 atom stereocenters. The van der Waals surface area contributed by atoms with E-state index in [9.17, 15) is 23.6 Å². The molecule has 10 heteroatoms. The van der Waals surface area contributed by atoms with Crippen molar-refractivity contribution < 1.29 is 18.4 Å². The summed E-state index contributed by atoms with van der Waals surface area (Å²) in [7, 11) is -4.07. The Bertz CT molecular complexity index is 980. The van der Waals surface area contributed by atoms with Gasteiger partial charge >= 0.3 is 0 Å². The number of nitrogens with one attached hydrogen (secondary N) is 1. The van der Waals surface area contributed by atoms with Gasteiger partial charge in [0.05, 0.1) is 15.4 Å². The van der Waals surface area contributed by atoms with Crippen molar-refractivity contribution in [2.75, 3.05) is 6.54 Å². The summed E-state index contributed by atoms with van der Waals surface area (Å²) in [6.45, 7) is 5.61. The highest BCUT2D eigenvalue weighted by molar-refractivity contribution is 7.89. The highest BCUT2D eigenvalue weighted by Crippen LogP contribution is 2.43. The van der Waals surface area contributed by atoms with Crippen molar-refractivity contribution in [2.45, 2.75) is 44.6 Å². The maximum atomic E-state index is 12.9. The zero-order valence-electron chi connectivity index (χ0n) is 17.2. The minimum Gasteiger partial charge on any atom is -0.507 e. The van der Waals surface area contributed by atoms with Crippen molar-refractivity contribution in [3.8, 4) is 16.9 Å². The number of phenolic OH excluding ortho intramolecular Hbond substituents is 1. The average molecular weight is 458 g/mol. The summed E-state index contributed by atoms with van der Waals surface area (Å²) in [6.07, 6.45) is 0.443. The fourth-order valence-electron chi connectivity index (χ4n) is 2.97. The van der Waals surface area contributed by atoms with Crippen molar-refractivity contribution >= 4 is 28.1 Å². The Morgan fingerprint density at radius 3 is 2.30 bits per heavy atom. The summed E-state index contributed by atoms with van der Waals surface area (Å²) in [5.74, 6) is -0.415. The molecule has 0 bridgehead atoms. The minimum atomic E-state index is -4.07. The Hall–Kier alpha value is -2.20. The number of benzene rings is 2. The normalized spacial score (nSPS) is 12.4. The predicted molar refractivity (Wildman–Crippen MR) is 119 cm³/mol. The van der Waals surface area contributed by atoms with E-state index >= 15 is 0 Å². The molecule has 0 saturated heterocycles. The molecule has 166 valence electrons. The Kier molecular flexibility index (Phi) is 9.23. The van der Waals surface area contributed by atoms with Crippen LogP contribution in [-0.2, 0) is 16.4 Å². The highest BCUT2D eigenvalue weighted by atomic mass is 35.5. The second-order valence-corrected chi connectivity index (χ2v) is 9.22. The molecule has 0 amide bonds. The van der Waals surface area contributed by atoms with E-state index in [-0.39, 0.29) is 53.4 Å². The molecule has 4 N–H and O–H groups in total. The third-order valence-electron chi connectivity index (χ3n) is 4.41. The highest BCUT2D eigenvalue weighted by Gasteiger charge is 2.32. The van der Waals surface area contributed by atoms with Gasteiger partial charge in [0.15, 0.2) is 0 Å². The van der Waals surface area contributed by atoms with Crippen molar-refractivity contribution in [1.29, 1.82) is 0 Å². The first-order valence-corrected chi connectivity index (χ1v) is 10.9. The van der Waals surface area contributed by atoms with Gasteiger partial charge in [0.25, 0.3) is 5.69 Å². The topological polar surface area (TPSA) is 136 Å². The molecule has 0 aliphatic carbocycles. The third-order valence-corrected chi connectivity index (χ3v) is 5.90. The SMILES string of the molecule is CC(C)CNS(=O)(=O)c1cc(O)c(-c2ccccc2)c([N+](=O)[O-])c1CCC(C)N.Cl. The standard InChI is InChI=1S/C20H27N3O5S.ClH/c1-13(2)12-22-29(27,28)18-11-17(24)19(15-7-5-4-6-8-15)20(23(25)26)16(18)10-9-14(3)21;/h4-8,11,13-14,22,24H,9-10,12,21H2,1-3H3;1H. The van der Waals surface area contributed by atoms with E-state index in [4.69, 9.17) is 5.73 Å². The van der Waals surface area contributed by atoms with E-state index < -0.39 is 26.4 Å². The molecule has 0 spiro atoms. The number of nitrogens with zero attached hydrogens (tertiary/aromatic N) is 1. The molecule has 0 aromatic heterocycles. The van der Waals surface area contributed by atoms with Crippen LogP contribution >= 0.6 is 12.4 Å². The van der Waals surface area contributed by atoms with Gasteiger partial charge in [0.1, 0.15) is 11.3 Å². The Labute approximate surface area is 183 Å². The third kappa shape index (κ3) is 6.15. The predicted octanol–water partition coefficient (Wildman–Crippen LogP) is 3.60. The Balaban J connectivity index is 0.00000450. The van der Waals surface area contributed by atoms with Crippen LogP contribution in [0.15, 0.2) is 41.3 Å². The molecule has 0 heterocycles. The molecule has 0 aliphatic heterocycles. The van der Waals surface area contributed by atoms with Crippen LogP contribution in [-0.4, -0.2) is 31.0 Å². The Morgan fingerprint density at radius 2 is 1.80 bits per heavy atom. The van der Waals surface area contributed by atoms with E-state index in [0.717, 1.165) is 6.07 Å². The number of hydrogen-bond donors (Lipinski definition) is 3. The minimum absolute atomic E-state index is 0. The smallest absolute Gasteiger partial charge is 0.285 e. The van der Waals surface area contributed by atoms with Crippen LogP contribution in [0, 0.1) is 16.0 Å². The molecule has 0 saturated carbocycles. The van der Waals surface area contributed by atoms with Crippen LogP contribution in [0.1, 0.15) is 32.8 Å². The van der Waals surface area contributed by atoms with Crippen LogP contribution in [0.5, 0.6) is 5.75 Å². The van der Waals surface area contributed by atoms with E-state index in [2.05, 4.69) is 4.72 Å². The molecule has 30 heavy (non-hydrogen) atoms. The molecule has 2 aromatic carbocycles. The van der Waals surface area contributed by atoms with E-state index in [1.54, 1.807) is 37.3 Å². The van der Waals surface area contributed by atoms with Crippen molar-refractivity contribution in [3.63, 3.8) is 0 Å². The average Bonchev–Trinajstić information content (AvgIpc) is 2.65. The molecule has 2 aromatic rings. The summed E-state index contributed by atoms with van der Waals surface area (Å²) in [4.78, 5) is 11.1. The molecule has 1 unspecified atom stereocenters. The van der Waals surface area contributed by atoms with E-state index in [1.165, 1.54) is 0 Å². The number of nitro groups is 1. The number of hydrogen-bond acceptors (Lipinski definition) is 6. The van der Waals surface area contributed by atoms with Crippen LogP contribution in [0.3, 0.4) is 0 Å². The summed E-state index contributed by atoms with van der Waals surface area (Å²) < 4.78 is 28.3. The first kappa shape index (κ1) is 25.8. The maximum absolute atomic E-state index is 12.9. The van der Waals surface area contributed by atoms with E-state index in [0.29, 0.717) is 12.0 Å². The zero-order chi connectivity index (χ0) is 21.8. The summed E-state index contributed by atoms with van der Waals surface area (Å²) in [5, 5.41) is 22.6. The number of halogens is 1. The zero-order valence-corrected chi connectivity index (χ0v) is 18.8. The lowest BCUT2D eigenvalue weighted by Crippen LogP contribution is -2.29. The van der Waals surface area contributed by atoms with Crippen LogP contribution in [0.25, 0.3) is 11.1 Å². The number of nitrogens with two attached hydrogens (primary N) is 1. The van der Waals surface area contributed by atoms with Gasteiger partial charge in [-0.15, -0.1) is 12.4 Å². The van der Waals surface area contributed by atoms with Gasteiger partial charge in [0.2, 0.25) is 10.0 Å². The molecular formula is C20H28ClN3O5S. The van der Waals surface area contributed by atoms with Crippen molar-refractivity contribution in [3.05, 3.63) is 52.1 Å². The van der Waals surface area contributed by atoms with E-state index in [1.807, 2.05) is 13.8 Å². The first-order valence-electron chi connectivity index (χ1n) is 9.38. The summed E-state index contributed by atoms with van der Waals surface area (Å²) in [5.41, 5.74) is 5.87. The van der Waals surface area contributed by atoms with Crippen molar-refractivity contribution in [1.82, 2.24) is 4.72 Å². The van der Waals surface area contributed by atoms with Gasteiger partial charge in [-0.05, 0) is 31.2 Å². The lowest BCUT2D eigenvalue weighted by atomic mass is 9.96. The number of nitro benzene ring substituents is 1. The molecule has 8 nitrogen and oxygen atoms in total. The summed E-state index contributed by atoms with van der Waals surface area (Å²) in [6, 6.07) is 9.20. The van der Waals surface area contributed by atoms with Gasteiger partial charge in [-0.3, -0.25) is 10.1 Å². The maximum Gasteiger partial charge on any atom is 0.285 e. The van der Waals surface area contributed by atoms with Crippen LogP contribution in [0.2, 0.25) is 0 Å². The Morgan fingerprint density at radius 1 is 1.20 bits per heavy atom. The first-order chi connectivity index (χ1) is 13.5. The lowest BCUT2D eigenvalue weighted by Gasteiger charge is -2.17. The number of sulfonamides is 1. The van der Waals surface area contributed by atoms with Gasteiger partial charge in [0, 0.05) is 18.7 Å². The second-order valence-electron chi connectivity index (χ2n) is 7.48. The number of aromatic hydroxyl groups is 1. The molecule has 0 radical (unpaired) electrons. The van der Waals surface area contributed by atoms with Gasteiger partial charge in [-0.25, -0.2) is 13.1 Å². The van der Waals surface area contributed by atoms with Crippen LogP contribution < -0.4 is 10.5 Å². The van der Waals surface area contributed by atoms with Gasteiger partial charge in [-0.1, -0.05) is 44.2 Å². The summed E-state index contributed by atoms with van der Waals surface area (Å²) >= 11 is 0. The monoisotopic (exact) mass is 457 g/mol. The fourth-order valence-corrected chi connectivity index (χ4v) is 4.47. The van der Waals surface area contributed by atoms with Crippen LogP contribution in [0.4, 0.5) is 5.69 Å². The fraction of sp³-hybridized carbons (Fsp3) is 0.400. The van der Waals surface area contributed by atoms with Gasteiger partial charge in [-0.2, -0.15) is 0 Å². The number of phenols is 1. The second kappa shape index (κ2) is 10.7. The molecule has 0 aliphatic rings. The molecular weight excluding hydrogens is 430 g/mol.